The number of aromatic nitrogens is 1. The fraction of sp³-hybridized carbons (Fsp3) is 0.238. The molecule has 0 aliphatic rings. The van der Waals surface area contributed by atoms with Gasteiger partial charge in [-0.2, -0.15) is 0 Å². The topological polar surface area (TPSA) is 83.2 Å². The summed E-state index contributed by atoms with van der Waals surface area (Å²) in [6.07, 6.45) is 1.16. The van der Waals surface area contributed by atoms with Crippen LogP contribution < -0.4 is 15.6 Å². The van der Waals surface area contributed by atoms with Crippen molar-refractivity contribution in [2.24, 2.45) is 0 Å². The first kappa shape index (κ1) is 19.8. The van der Waals surface area contributed by atoms with E-state index >= 15 is 0 Å². The number of hydrogen-bond donors (Lipinski definition) is 3. The number of hydrazine groups is 1. The second-order valence-corrected chi connectivity index (χ2v) is 7.14. The third kappa shape index (κ3) is 4.46. The van der Waals surface area contributed by atoms with E-state index < -0.39 is 12.0 Å². The zero-order chi connectivity index (χ0) is 20.3. The van der Waals surface area contributed by atoms with Crippen LogP contribution in [-0.2, 0) is 16.0 Å². The Morgan fingerprint density at radius 3 is 2.54 bits per heavy atom. The Kier molecular flexibility index (Phi) is 5.90. The molecule has 3 aromatic rings. The number of carbonyl (C=O) groups excluding carboxylic acids is 2. The summed E-state index contributed by atoms with van der Waals surface area (Å²) in [5.41, 5.74) is 8.36. The number of hydrogen-bond acceptors (Lipinski definition) is 3. The molecule has 0 radical (unpaired) electrons. The van der Waals surface area contributed by atoms with Crippen LogP contribution in [-0.4, -0.2) is 22.9 Å². The van der Waals surface area contributed by atoms with Crippen molar-refractivity contribution in [3.8, 4) is 5.75 Å². The Bertz CT molecular complexity index is 1010. The highest BCUT2D eigenvalue weighted by molar-refractivity contribution is 6.30. The minimum Gasteiger partial charge on any atom is -0.480 e. The van der Waals surface area contributed by atoms with E-state index in [-0.39, 0.29) is 12.3 Å². The normalized spacial score (nSPS) is 11.9. The van der Waals surface area contributed by atoms with Gasteiger partial charge in [0.2, 0.25) is 5.91 Å². The second-order valence-electron chi connectivity index (χ2n) is 6.70. The fourth-order valence-corrected chi connectivity index (χ4v) is 3.37. The highest BCUT2D eigenvalue weighted by Gasteiger charge is 2.18. The molecule has 6 nitrogen and oxygen atoms in total. The molecule has 2 aromatic carbocycles. The first-order chi connectivity index (χ1) is 13.3. The Morgan fingerprint density at radius 2 is 1.82 bits per heavy atom. The van der Waals surface area contributed by atoms with E-state index in [0.29, 0.717) is 10.8 Å². The minimum atomic E-state index is -0.785. The molecule has 1 heterocycles. The number of halogens is 1. The zero-order valence-electron chi connectivity index (χ0n) is 15.9. The summed E-state index contributed by atoms with van der Waals surface area (Å²) in [6.45, 7) is 5.35. The molecule has 0 bridgehead atoms. The monoisotopic (exact) mass is 399 g/mol. The number of H-pyrrole nitrogens is 1. The zero-order valence-corrected chi connectivity index (χ0v) is 16.7. The third-order valence-corrected chi connectivity index (χ3v) is 4.66. The Morgan fingerprint density at radius 1 is 1.14 bits per heavy atom. The predicted octanol–water partition coefficient (Wildman–Crippen LogP) is 3.60. The summed E-state index contributed by atoms with van der Waals surface area (Å²) >= 11 is 6.02. The van der Waals surface area contributed by atoms with Gasteiger partial charge in [-0.1, -0.05) is 29.8 Å². The van der Waals surface area contributed by atoms with Gasteiger partial charge in [0.05, 0.1) is 6.42 Å². The molecular weight excluding hydrogens is 378 g/mol. The SMILES string of the molecule is Cc1cc(Cl)cc(C)c1O[C@@H](C)C(=O)NNC(=O)Cc1c[nH]c2ccccc12. The van der Waals surface area contributed by atoms with E-state index in [4.69, 9.17) is 16.3 Å². The van der Waals surface area contributed by atoms with Gasteiger partial charge in [0.1, 0.15) is 5.75 Å². The number of benzene rings is 2. The Labute approximate surface area is 168 Å². The van der Waals surface area contributed by atoms with Crippen LogP contribution in [0.2, 0.25) is 5.02 Å². The van der Waals surface area contributed by atoms with Crippen molar-refractivity contribution in [2.45, 2.75) is 33.3 Å². The summed E-state index contributed by atoms with van der Waals surface area (Å²) in [5, 5.41) is 1.60. The Balaban J connectivity index is 1.55. The number of aromatic amines is 1. The van der Waals surface area contributed by atoms with Crippen LogP contribution >= 0.6 is 11.6 Å². The summed E-state index contributed by atoms with van der Waals surface area (Å²) in [6, 6.07) is 11.3. The molecule has 1 atom stereocenters. The first-order valence-corrected chi connectivity index (χ1v) is 9.30. The van der Waals surface area contributed by atoms with Gasteiger partial charge >= 0.3 is 0 Å². The summed E-state index contributed by atoms with van der Waals surface area (Å²) < 4.78 is 5.76. The molecule has 0 fully saturated rings. The van der Waals surface area contributed by atoms with Crippen molar-refractivity contribution in [3.05, 3.63) is 64.3 Å². The van der Waals surface area contributed by atoms with Crippen LogP contribution in [0.5, 0.6) is 5.75 Å². The number of nitrogens with one attached hydrogen (secondary N) is 3. The predicted molar refractivity (Wildman–Crippen MR) is 109 cm³/mol. The van der Waals surface area contributed by atoms with Crippen molar-refractivity contribution < 1.29 is 14.3 Å². The number of amides is 2. The highest BCUT2D eigenvalue weighted by Crippen LogP contribution is 2.27. The number of fused-ring (bicyclic) bond motifs is 1. The molecule has 0 saturated heterocycles. The number of ether oxygens (including phenoxy) is 1. The van der Waals surface area contributed by atoms with Gasteiger partial charge < -0.3 is 9.72 Å². The van der Waals surface area contributed by atoms with E-state index in [2.05, 4.69) is 15.8 Å². The van der Waals surface area contributed by atoms with Crippen LogP contribution in [0.3, 0.4) is 0 Å². The molecule has 0 spiro atoms. The molecule has 0 aliphatic carbocycles. The molecule has 146 valence electrons. The largest absolute Gasteiger partial charge is 0.480 e. The standard InChI is InChI=1S/C21H22ClN3O3/c1-12-8-16(22)9-13(2)20(12)28-14(3)21(27)25-24-19(26)10-15-11-23-18-7-5-4-6-17(15)18/h4-9,11,14,23H,10H2,1-3H3,(H,24,26)(H,25,27)/t14-/m0/s1. The maximum atomic E-state index is 12.3. The summed E-state index contributed by atoms with van der Waals surface area (Å²) in [5.74, 6) is -0.151. The van der Waals surface area contributed by atoms with Gasteiger partial charge in [-0.25, -0.2) is 0 Å². The van der Waals surface area contributed by atoms with E-state index in [1.807, 2.05) is 38.1 Å². The number of aryl methyl sites for hydroxylation is 2. The van der Waals surface area contributed by atoms with Crippen LogP contribution in [0.1, 0.15) is 23.6 Å². The second kappa shape index (κ2) is 8.35. The van der Waals surface area contributed by atoms with Crippen molar-refractivity contribution >= 4 is 34.3 Å². The number of para-hydroxylation sites is 1. The fourth-order valence-electron chi connectivity index (χ4n) is 3.04. The molecule has 28 heavy (non-hydrogen) atoms. The summed E-state index contributed by atoms with van der Waals surface area (Å²) in [7, 11) is 0. The number of carbonyl (C=O) groups is 2. The Hall–Kier alpha value is -2.99. The lowest BCUT2D eigenvalue weighted by Crippen LogP contribution is -2.47. The van der Waals surface area contributed by atoms with Crippen LogP contribution in [0.25, 0.3) is 10.9 Å². The highest BCUT2D eigenvalue weighted by atomic mass is 35.5. The molecule has 0 saturated carbocycles. The first-order valence-electron chi connectivity index (χ1n) is 8.92. The van der Waals surface area contributed by atoms with Crippen LogP contribution in [0.15, 0.2) is 42.6 Å². The van der Waals surface area contributed by atoms with E-state index in [1.165, 1.54) is 0 Å². The lowest BCUT2D eigenvalue weighted by atomic mass is 10.1. The van der Waals surface area contributed by atoms with E-state index in [0.717, 1.165) is 27.6 Å². The average Bonchev–Trinajstić information content (AvgIpc) is 3.05. The van der Waals surface area contributed by atoms with Gasteiger partial charge in [-0.3, -0.25) is 20.4 Å². The quantitative estimate of drug-likeness (QED) is 0.573. The molecular formula is C21H22ClN3O3. The van der Waals surface area contributed by atoms with Gasteiger partial charge in [-0.15, -0.1) is 0 Å². The van der Waals surface area contributed by atoms with Gasteiger partial charge in [-0.05, 0) is 55.7 Å². The molecule has 3 rings (SSSR count). The van der Waals surface area contributed by atoms with Gasteiger partial charge in [0.25, 0.3) is 5.91 Å². The maximum absolute atomic E-state index is 12.3. The smallest absolute Gasteiger partial charge is 0.279 e. The van der Waals surface area contributed by atoms with Crippen LogP contribution in [0, 0.1) is 13.8 Å². The molecule has 0 aliphatic heterocycles. The van der Waals surface area contributed by atoms with E-state index in [1.54, 1.807) is 25.3 Å². The molecule has 0 unspecified atom stereocenters. The lowest BCUT2D eigenvalue weighted by Gasteiger charge is -2.18. The molecule has 7 heteroatoms. The molecule has 2 amide bonds. The summed E-state index contributed by atoms with van der Waals surface area (Å²) in [4.78, 5) is 27.6. The van der Waals surface area contributed by atoms with Crippen LogP contribution in [0.4, 0.5) is 0 Å². The molecule has 3 N–H and O–H groups in total. The third-order valence-electron chi connectivity index (χ3n) is 4.44. The van der Waals surface area contributed by atoms with Crippen molar-refractivity contribution in [1.29, 1.82) is 0 Å². The van der Waals surface area contributed by atoms with Crippen molar-refractivity contribution in [2.75, 3.05) is 0 Å². The minimum absolute atomic E-state index is 0.148. The lowest BCUT2D eigenvalue weighted by molar-refractivity contribution is -0.132. The number of rotatable bonds is 5. The van der Waals surface area contributed by atoms with E-state index in [9.17, 15) is 9.59 Å². The van der Waals surface area contributed by atoms with Gasteiger partial charge in [0.15, 0.2) is 6.10 Å². The molecule has 1 aromatic heterocycles. The average molecular weight is 400 g/mol. The maximum Gasteiger partial charge on any atom is 0.279 e. The van der Waals surface area contributed by atoms with Crippen molar-refractivity contribution in [1.82, 2.24) is 15.8 Å². The van der Waals surface area contributed by atoms with Gasteiger partial charge in [0, 0.05) is 22.1 Å². The van der Waals surface area contributed by atoms with Crippen molar-refractivity contribution in [3.63, 3.8) is 0 Å².